The Morgan fingerprint density at radius 2 is 1.48 bits per heavy atom. The maximum Gasteiger partial charge on any atom is 0.312 e. The van der Waals surface area contributed by atoms with Gasteiger partial charge in [0.05, 0.1) is 12.0 Å². The van der Waals surface area contributed by atoms with E-state index in [0.29, 0.717) is 6.61 Å². The molecule has 1 rings (SSSR count). The lowest BCUT2D eigenvalue weighted by Crippen LogP contribution is -2.35. The first-order valence-electron chi connectivity index (χ1n) is 9.42. The molecule has 0 aromatic heterocycles. The zero-order valence-corrected chi connectivity index (χ0v) is 14.4. The lowest BCUT2D eigenvalue weighted by molar-refractivity contribution is -0.159. The molecule has 1 fully saturated rings. The number of unbranched alkanes of at least 4 members (excludes halogenated alkanes) is 6. The molecule has 0 heterocycles. The van der Waals surface area contributed by atoms with Crippen LogP contribution in [0.4, 0.5) is 0 Å². The number of carbonyl (C=O) groups excluding carboxylic acids is 1. The Labute approximate surface area is 132 Å². The molecule has 2 heteroatoms. The van der Waals surface area contributed by atoms with E-state index in [-0.39, 0.29) is 11.4 Å². The molecule has 0 atom stereocenters. The second kappa shape index (κ2) is 11.1. The summed E-state index contributed by atoms with van der Waals surface area (Å²) in [6.45, 7) is 5.08. The van der Waals surface area contributed by atoms with E-state index >= 15 is 0 Å². The molecule has 124 valence electrons. The van der Waals surface area contributed by atoms with E-state index in [1.54, 1.807) is 0 Å². The van der Waals surface area contributed by atoms with Gasteiger partial charge in [0, 0.05) is 0 Å². The van der Waals surface area contributed by atoms with Gasteiger partial charge in [-0.1, -0.05) is 78.1 Å². The smallest absolute Gasteiger partial charge is 0.312 e. The molecule has 0 aromatic rings. The molecule has 0 saturated heterocycles. The van der Waals surface area contributed by atoms with Gasteiger partial charge in [0.15, 0.2) is 0 Å². The van der Waals surface area contributed by atoms with E-state index in [9.17, 15) is 4.79 Å². The third-order valence-electron chi connectivity index (χ3n) is 4.98. The third-order valence-corrected chi connectivity index (χ3v) is 4.98. The van der Waals surface area contributed by atoms with Crippen LogP contribution in [0.15, 0.2) is 0 Å². The molecule has 21 heavy (non-hydrogen) atoms. The molecule has 0 bridgehead atoms. The summed E-state index contributed by atoms with van der Waals surface area (Å²) in [5, 5.41) is 0. The quantitative estimate of drug-likeness (QED) is 0.343. The summed E-state index contributed by atoms with van der Waals surface area (Å²) in [5.41, 5.74) is -0.128. The van der Waals surface area contributed by atoms with Crippen LogP contribution in [0.5, 0.6) is 0 Å². The van der Waals surface area contributed by atoms with Gasteiger partial charge in [0.1, 0.15) is 0 Å². The van der Waals surface area contributed by atoms with Crippen LogP contribution in [0.25, 0.3) is 0 Å². The number of esters is 1. The minimum atomic E-state index is -0.128. The average Bonchev–Trinajstić information content (AvgIpc) is 2.52. The Hall–Kier alpha value is -0.530. The molecular weight excluding hydrogens is 260 g/mol. The largest absolute Gasteiger partial charge is 0.465 e. The Morgan fingerprint density at radius 3 is 2.10 bits per heavy atom. The predicted octanol–water partition coefficient (Wildman–Crippen LogP) is 6.03. The lowest BCUT2D eigenvalue weighted by atomic mass is 9.71. The highest BCUT2D eigenvalue weighted by Crippen LogP contribution is 2.42. The predicted molar refractivity (Wildman–Crippen MR) is 89.4 cm³/mol. The lowest BCUT2D eigenvalue weighted by Gasteiger charge is -2.35. The van der Waals surface area contributed by atoms with Crippen molar-refractivity contribution < 1.29 is 9.53 Å². The molecule has 1 aliphatic carbocycles. The van der Waals surface area contributed by atoms with Crippen LogP contribution in [0, 0.1) is 5.41 Å². The first kappa shape index (κ1) is 18.5. The van der Waals surface area contributed by atoms with Crippen LogP contribution in [-0.2, 0) is 9.53 Å². The Morgan fingerprint density at radius 1 is 0.857 bits per heavy atom. The standard InChI is InChI=1S/C19H36O2/c1-3-5-7-10-14-19(15-11-9-12-16-19)18(20)21-17-13-8-6-4-2/h3-17H2,1-2H3. The summed E-state index contributed by atoms with van der Waals surface area (Å²) in [4.78, 5) is 12.6. The van der Waals surface area contributed by atoms with E-state index in [2.05, 4.69) is 13.8 Å². The van der Waals surface area contributed by atoms with Crippen LogP contribution in [-0.4, -0.2) is 12.6 Å². The minimum Gasteiger partial charge on any atom is -0.465 e. The van der Waals surface area contributed by atoms with Crippen LogP contribution in [0.3, 0.4) is 0 Å². The molecule has 0 spiro atoms. The summed E-state index contributed by atoms with van der Waals surface area (Å²) in [7, 11) is 0. The summed E-state index contributed by atoms with van der Waals surface area (Å²) >= 11 is 0. The summed E-state index contributed by atoms with van der Waals surface area (Å²) in [6, 6.07) is 0. The molecule has 0 N–H and O–H groups in total. The normalized spacial score (nSPS) is 17.6. The van der Waals surface area contributed by atoms with E-state index in [4.69, 9.17) is 4.74 Å². The van der Waals surface area contributed by atoms with Crippen molar-refractivity contribution in [3.63, 3.8) is 0 Å². The van der Waals surface area contributed by atoms with Gasteiger partial charge in [-0.2, -0.15) is 0 Å². The Kier molecular flexibility index (Phi) is 9.78. The molecule has 0 unspecified atom stereocenters. The molecule has 1 saturated carbocycles. The highest BCUT2D eigenvalue weighted by molar-refractivity contribution is 5.76. The van der Waals surface area contributed by atoms with E-state index in [0.717, 1.165) is 25.7 Å². The number of hydrogen-bond donors (Lipinski definition) is 0. The van der Waals surface area contributed by atoms with E-state index in [1.165, 1.54) is 64.2 Å². The van der Waals surface area contributed by atoms with E-state index < -0.39 is 0 Å². The van der Waals surface area contributed by atoms with Crippen LogP contribution >= 0.6 is 0 Å². The van der Waals surface area contributed by atoms with Gasteiger partial charge in [0.25, 0.3) is 0 Å². The monoisotopic (exact) mass is 296 g/mol. The third kappa shape index (κ3) is 6.84. The van der Waals surface area contributed by atoms with Gasteiger partial charge >= 0.3 is 5.97 Å². The number of carbonyl (C=O) groups is 1. The van der Waals surface area contributed by atoms with Crippen molar-refractivity contribution in [1.29, 1.82) is 0 Å². The SMILES string of the molecule is CCCCCCOC(=O)C1(CCCCCC)CCCCC1. The summed E-state index contributed by atoms with van der Waals surface area (Å²) < 4.78 is 5.65. The Bertz CT molecular complexity index is 267. The highest BCUT2D eigenvalue weighted by atomic mass is 16.5. The number of ether oxygens (including phenoxy) is 1. The fraction of sp³-hybridized carbons (Fsp3) is 0.947. The zero-order chi connectivity index (χ0) is 15.4. The van der Waals surface area contributed by atoms with Crippen LogP contribution < -0.4 is 0 Å². The highest BCUT2D eigenvalue weighted by Gasteiger charge is 2.40. The minimum absolute atomic E-state index is 0.121. The van der Waals surface area contributed by atoms with Gasteiger partial charge in [-0.05, 0) is 25.7 Å². The molecule has 0 amide bonds. The molecule has 1 aliphatic rings. The maximum absolute atomic E-state index is 12.6. The first-order chi connectivity index (χ1) is 10.2. The van der Waals surface area contributed by atoms with Crippen molar-refractivity contribution in [2.75, 3.05) is 6.61 Å². The first-order valence-corrected chi connectivity index (χ1v) is 9.42. The number of rotatable bonds is 11. The maximum atomic E-state index is 12.6. The molecule has 2 nitrogen and oxygen atoms in total. The van der Waals surface area contributed by atoms with Crippen molar-refractivity contribution in [2.45, 2.75) is 104 Å². The van der Waals surface area contributed by atoms with Crippen molar-refractivity contribution in [3.05, 3.63) is 0 Å². The van der Waals surface area contributed by atoms with Gasteiger partial charge < -0.3 is 4.74 Å². The fourth-order valence-corrected chi connectivity index (χ4v) is 3.52. The summed E-state index contributed by atoms with van der Waals surface area (Å²) in [5.74, 6) is 0.121. The van der Waals surface area contributed by atoms with Crippen molar-refractivity contribution in [2.24, 2.45) is 5.41 Å². The van der Waals surface area contributed by atoms with Crippen molar-refractivity contribution in [1.82, 2.24) is 0 Å². The summed E-state index contributed by atoms with van der Waals surface area (Å²) in [6.07, 6.45) is 16.6. The topological polar surface area (TPSA) is 26.3 Å². The molecular formula is C19H36O2. The van der Waals surface area contributed by atoms with Crippen LogP contribution in [0.2, 0.25) is 0 Å². The van der Waals surface area contributed by atoms with Crippen molar-refractivity contribution >= 4 is 5.97 Å². The van der Waals surface area contributed by atoms with Gasteiger partial charge in [-0.15, -0.1) is 0 Å². The molecule has 0 aromatic carbocycles. The van der Waals surface area contributed by atoms with E-state index in [1.807, 2.05) is 0 Å². The fourth-order valence-electron chi connectivity index (χ4n) is 3.52. The van der Waals surface area contributed by atoms with Crippen molar-refractivity contribution in [3.8, 4) is 0 Å². The number of hydrogen-bond acceptors (Lipinski definition) is 2. The molecule has 0 aliphatic heterocycles. The van der Waals surface area contributed by atoms with Gasteiger partial charge in [-0.25, -0.2) is 0 Å². The Balaban J connectivity index is 2.37. The van der Waals surface area contributed by atoms with Gasteiger partial charge in [0.2, 0.25) is 0 Å². The second-order valence-electron chi connectivity index (χ2n) is 6.85. The van der Waals surface area contributed by atoms with Gasteiger partial charge in [-0.3, -0.25) is 4.79 Å². The molecule has 0 radical (unpaired) electrons. The second-order valence-corrected chi connectivity index (χ2v) is 6.85. The average molecular weight is 296 g/mol. The zero-order valence-electron chi connectivity index (χ0n) is 14.4. The van der Waals surface area contributed by atoms with Crippen LogP contribution in [0.1, 0.15) is 104 Å².